The van der Waals surface area contributed by atoms with Gasteiger partial charge in [-0.1, -0.05) is 17.1 Å². The van der Waals surface area contributed by atoms with Gasteiger partial charge < -0.3 is 17.7 Å². The third kappa shape index (κ3) is 7.15. The first-order valence-electron chi connectivity index (χ1n) is 6.93. The van der Waals surface area contributed by atoms with E-state index in [4.69, 9.17) is 17.7 Å². The molecule has 0 fully saturated rings. The maximum Gasteiger partial charge on any atom is 0.373 e. The molecule has 0 spiro atoms. The molecule has 0 radical (unpaired) electrons. The van der Waals surface area contributed by atoms with Gasteiger partial charge in [-0.25, -0.2) is 0 Å². The molecule has 0 heterocycles. The molecule has 0 rings (SSSR count). The Balaban J connectivity index is 5.63. The summed E-state index contributed by atoms with van der Waals surface area (Å²) in [6, 6.07) is 0. The standard InChI is InChI=1S/C13H30O4Si4/c1-10-19(4,5)15-13(14-18,16-20(6,7)11-2)17-21(8,9)12-3/h10-12H,1-3H2,4-9,18H3. The normalized spacial score (nSPS) is 14.0. The van der Waals surface area contributed by atoms with Crippen LogP contribution in [0.15, 0.2) is 36.8 Å². The van der Waals surface area contributed by atoms with Crippen LogP contribution in [0.4, 0.5) is 0 Å². The van der Waals surface area contributed by atoms with Gasteiger partial charge in [-0.2, -0.15) is 0 Å². The van der Waals surface area contributed by atoms with Crippen LogP contribution in [0.5, 0.6) is 0 Å². The van der Waals surface area contributed by atoms with Gasteiger partial charge in [0.1, 0.15) is 0 Å². The van der Waals surface area contributed by atoms with Crippen molar-refractivity contribution in [1.82, 2.24) is 0 Å². The highest BCUT2D eigenvalue weighted by Crippen LogP contribution is 2.30. The SMILES string of the molecule is C=C[Si](C)(C)OC(O[SiH3])(O[Si](C)(C)C=C)O[Si](C)(C)C=C. The Hall–Kier alpha value is -0.0725. The summed E-state index contributed by atoms with van der Waals surface area (Å²) in [6.45, 7) is 23.7. The summed E-state index contributed by atoms with van der Waals surface area (Å²) in [5.74, 6) is 0. The van der Waals surface area contributed by atoms with Crippen molar-refractivity contribution in [2.24, 2.45) is 0 Å². The molecule has 0 aromatic heterocycles. The number of hydrogen-bond acceptors (Lipinski definition) is 4. The minimum absolute atomic E-state index is 0.423. The third-order valence-corrected chi connectivity index (χ3v) is 8.67. The van der Waals surface area contributed by atoms with Crippen molar-refractivity contribution in [3.8, 4) is 0 Å². The van der Waals surface area contributed by atoms with E-state index in [-0.39, 0.29) is 0 Å². The first-order valence-corrected chi connectivity index (χ1v) is 16.7. The van der Waals surface area contributed by atoms with Crippen molar-refractivity contribution in [2.45, 2.75) is 45.4 Å². The highest BCUT2D eigenvalue weighted by atomic mass is 28.4. The average Bonchev–Trinajstić information content (AvgIpc) is 2.37. The summed E-state index contributed by atoms with van der Waals surface area (Å²) < 4.78 is 24.2. The minimum Gasteiger partial charge on any atom is -0.359 e. The quantitative estimate of drug-likeness (QED) is 0.442. The zero-order valence-corrected chi connectivity index (χ0v) is 19.5. The fraction of sp³-hybridized carbons (Fsp3) is 0.538. The minimum atomic E-state index is -2.17. The van der Waals surface area contributed by atoms with Crippen molar-refractivity contribution in [3.63, 3.8) is 0 Å². The van der Waals surface area contributed by atoms with Crippen molar-refractivity contribution in [1.29, 1.82) is 0 Å². The highest BCUT2D eigenvalue weighted by Gasteiger charge is 2.47. The second kappa shape index (κ2) is 7.46. The molecule has 122 valence electrons. The summed E-state index contributed by atoms with van der Waals surface area (Å²) in [5.41, 5.74) is 5.50. The molecule has 0 N–H and O–H groups in total. The number of hydrogen-bond donors (Lipinski definition) is 0. The first kappa shape index (κ1) is 20.9. The molecule has 0 saturated heterocycles. The van der Waals surface area contributed by atoms with Crippen LogP contribution < -0.4 is 0 Å². The molecular formula is C13H30O4Si4. The Kier molecular flexibility index (Phi) is 7.44. The number of rotatable bonds is 10. The third-order valence-electron chi connectivity index (χ3n) is 2.89. The fourth-order valence-corrected chi connectivity index (χ4v) is 4.96. The van der Waals surface area contributed by atoms with E-state index in [1.165, 1.54) is 0 Å². The molecule has 0 bridgehead atoms. The van der Waals surface area contributed by atoms with E-state index < -0.39 is 31.1 Å². The molecular weight excluding hydrogens is 332 g/mol. The topological polar surface area (TPSA) is 36.9 Å². The van der Waals surface area contributed by atoms with E-state index in [1.54, 1.807) is 0 Å². The smallest absolute Gasteiger partial charge is 0.359 e. The summed E-state index contributed by atoms with van der Waals surface area (Å²) >= 11 is 0. The Morgan fingerprint density at radius 2 is 0.952 bits per heavy atom. The van der Waals surface area contributed by atoms with Gasteiger partial charge in [0.15, 0.2) is 10.5 Å². The summed E-state index contributed by atoms with van der Waals surface area (Å²) in [6.07, 6.45) is -1.47. The Morgan fingerprint density at radius 1 is 0.714 bits per heavy atom. The molecule has 0 aliphatic heterocycles. The Bertz CT molecular complexity index is 339. The van der Waals surface area contributed by atoms with Crippen molar-refractivity contribution in [3.05, 3.63) is 36.8 Å². The van der Waals surface area contributed by atoms with Crippen LogP contribution in [0, 0.1) is 0 Å². The lowest BCUT2D eigenvalue weighted by atomic mass is 11.2. The molecule has 0 aromatic carbocycles. The van der Waals surface area contributed by atoms with E-state index in [0.29, 0.717) is 10.5 Å². The fourth-order valence-electron chi connectivity index (χ4n) is 1.28. The largest absolute Gasteiger partial charge is 0.373 e. The molecule has 8 heteroatoms. The molecule has 0 aromatic rings. The van der Waals surface area contributed by atoms with Crippen molar-refractivity contribution in [2.75, 3.05) is 0 Å². The molecule has 0 atom stereocenters. The van der Waals surface area contributed by atoms with Gasteiger partial charge in [0.25, 0.3) is 0 Å². The molecule has 0 aliphatic carbocycles. The summed E-state index contributed by atoms with van der Waals surface area (Å²) in [4.78, 5) is 0. The monoisotopic (exact) mass is 362 g/mol. The Labute approximate surface area is 135 Å². The summed E-state index contributed by atoms with van der Waals surface area (Å²) in [5, 5.41) is 0. The van der Waals surface area contributed by atoms with E-state index >= 15 is 0 Å². The molecule has 0 amide bonds. The van der Waals surface area contributed by atoms with Gasteiger partial charge in [-0.05, 0) is 39.3 Å². The van der Waals surface area contributed by atoms with Crippen LogP contribution in [-0.2, 0) is 17.7 Å². The van der Waals surface area contributed by atoms with Gasteiger partial charge in [0.05, 0.1) is 0 Å². The lowest BCUT2D eigenvalue weighted by molar-refractivity contribution is -0.382. The lowest BCUT2D eigenvalue weighted by Crippen LogP contribution is -2.58. The lowest BCUT2D eigenvalue weighted by Gasteiger charge is -2.43. The van der Waals surface area contributed by atoms with Crippen LogP contribution >= 0.6 is 0 Å². The average molecular weight is 363 g/mol. The van der Waals surface area contributed by atoms with Crippen LogP contribution in [0.1, 0.15) is 0 Å². The maximum absolute atomic E-state index is 6.16. The van der Waals surface area contributed by atoms with Crippen molar-refractivity contribution >= 4 is 35.4 Å². The Morgan fingerprint density at radius 3 is 1.10 bits per heavy atom. The van der Waals surface area contributed by atoms with Crippen LogP contribution in [0.25, 0.3) is 0 Å². The van der Waals surface area contributed by atoms with Gasteiger partial charge in [-0.15, -0.1) is 19.7 Å². The van der Waals surface area contributed by atoms with Gasteiger partial charge in [0, 0.05) is 0 Å². The van der Waals surface area contributed by atoms with E-state index in [9.17, 15) is 0 Å². The first-order chi connectivity index (χ1) is 9.36. The molecule has 4 nitrogen and oxygen atoms in total. The summed E-state index contributed by atoms with van der Waals surface area (Å²) in [7, 11) is -6.09. The van der Waals surface area contributed by atoms with E-state index in [0.717, 1.165) is 0 Å². The highest BCUT2D eigenvalue weighted by molar-refractivity contribution is 6.78. The molecule has 0 unspecified atom stereocenters. The van der Waals surface area contributed by atoms with Gasteiger partial charge in [-0.3, -0.25) is 0 Å². The van der Waals surface area contributed by atoms with Crippen LogP contribution in [0.3, 0.4) is 0 Å². The molecule has 0 saturated carbocycles. The van der Waals surface area contributed by atoms with Crippen LogP contribution in [-0.4, -0.2) is 41.6 Å². The van der Waals surface area contributed by atoms with Gasteiger partial charge in [0.2, 0.25) is 25.0 Å². The molecule has 0 aliphatic rings. The van der Waals surface area contributed by atoms with E-state index in [1.807, 2.05) is 56.4 Å². The zero-order valence-electron chi connectivity index (χ0n) is 14.5. The second-order valence-corrected chi connectivity index (χ2v) is 18.3. The van der Waals surface area contributed by atoms with E-state index in [2.05, 4.69) is 19.7 Å². The van der Waals surface area contributed by atoms with Crippen molar-refractivity contribution < 1.29 is 17.7 Å². The predicted molar refractivity (Wildman–Crippen MR) is 100 cm³/mol. The zero-order chi connectivity index (χ0) is 16.9. The molecule has 21 heavy (non-hydrogen) atoms. The second-order valence-electron chi connectivity index (χ2n) is 6.43. The van der Waals surface area contributed by atoms with Crippen LogP contribution in [0.2, 0.25) is 39.3 Å². The maximum atomic E-state index is 6.16. The van der Waals surface area contributed by atoms with Gasteiger partial charge >= 0.3 is 6.16 Å². The predicted octanol–water partition coefficient (Wildman–Crippen LogP) is 2.74.